The monoisotopic (exact) mass is 343 g/mol. The Labute approximate surface area is 153 Å². The Bertz CT molecular complexity index is 967. The van der Waals surface area contributed by atoms with Crippen molar-refractivity contribution in [1.29, 1.82) is 0 Å². The van der Waals surface area contributed by atoms with Crippen LogP contribution in [0.2, 0.25) is 0 Å². The highest BCUT2D eigenvalue weighted by Crippen LogP contribution is 2.33. The van der Waals surface area contributed by atoms with Crippen molar-refractivity contribution < 1.29 is 4.79 Å². The van der Waals surface area contributed by atoms with Crippen LogP contribution >= 0.6 is 0 Å². The largest absolute Gasteiger partial charge is 0.355 e. The van der Waals surface area contributed by atoms with E-state index in [0.717, 1.165) is 29.0 Å². The number of nitrogens with one attached hydrogen (secondary N) is 1. The molecule has 1 aliphatic rings. The van der Waals surface area contributed by atoms with Crippen LogP contribution in [0.25, 0.3) is 0 Å². The number of para-hydroxylation sites is 2. The van der Waals surface area contributed by atoms with Gasteiger partial charge >= 0.3 is 0 Å². The maximum Gasteiger partial charge on any atom is 0.277 e. The molecule has 1 amide bonds. The van der Waals surface area contributed by atoms with Gasteiger partial charge in [0, 0.05) is 29.3 Å². The molecule has 2 heterocycles. The lowest BCUT2D eigenvalue weighted by molar-refractivity contribution is 0.0976. The summed E-state index contributed by atoms with van der Waals surface area (Å²) in [4.78, 5) is 19.3. The van der Waals surface area contributed by atoms with Crippen molar-refractivity contribution in [1.82, 2.24) is 4.98 Å². The number of anilines is 3. The van der Waals surface area contributed by atoms with E-state index in [4.69, 9.17) is 0 Å². The molecule has 0 saturated carbocycles. The summed E-state index contributed by atoms with van der Waals surface area (Å²) in [7, 11) is 0. The molecule has 4 nitrogen and oxygen atoms in total. The lowest BCUT2D eigenvalue weighted by atomic mass is 10.1. The van der Waals surface area contributed by atoms with Crippen LogP contribution in [0.4, 0.5) is 17.1 Å². The summed E-state index contributed by atoms with van der Waals surface area (Å²) < 4.78 is 0. The van der Waals surface area contributed by atoms with E-state index in [9.17, 15) is 4.79 Å². The van der Waals surface area contributed by atoms with E-state index in [1.54, 1.807) is 6.20 Å². The number of nitrogens with zero attached hydrogens (tertiary/aromatic N) is 2. The number of hydrogen-bond donors (Lipinski definition) is 1. The van der Waals surface area contributed by atoms with Crippen molar-refractivity contribution in [3.05, 3.63) is 83.7 Å². The van der Waals surface area contributed by atoms with Gasteiger partial charge in [0.15, 0.2) is 0 Å². The first-order valence-corrected chi connectivity index (χ1v) is 8.83. The number of rotatable bonds is 3. The van der Waals surface area contributed by atoms with Crippen LogP contribution in [0, 0.1) is 6.92 Å². The predicted molar refractivity (Wildman–Crippen MR) is 105 cm³/mol. The number of pyridine rings is 1. The van der Waals surface area contributed by atoms with Crippen LogP contribution in [-0.2, 0) is 6.42 Å². The zero-order chi connectivity index (χ0) is 18.1. The molecule has 2 aromatic carbocycles. The highest BCUT2D eigenvalue weighted by atomic mass is 16.2. The third-order valence-corrected chi connectivity index (χ3v) is 4.83. The van der Waals surface area contributed by atoms with Gasteiger partial charge in [0.05, 0.1) is 0 Å². The van der Waals surface area contributed by atoms with Crippen LogP contribution in [0.15, 0.2) is 66.9 Å². The average Bonchev–Trinajstić information content (AvgIpc) is 2.99. The van der Waals surface area contributed by atoms with E-state index in [1.165, 1.54) is 5.56 Å². The van der Waals surface area contributed by atoms with E-state index < -0.39 is 0 Å². The van der Waals surface area contributed by atoms with Gasteiger partial charge in [-0.05, 0) is 55.7 Å². The molecule has 0 saturated heterocycles. The van der Waals surface area contributed by atoms with Crippen molar-refractivity contribution in [3.8, 4) is 0 Å². The molecule has 0 bridgehead atoms. The van der Waals surface area contributed by atoms with Gasteiger partial charge in [0.1, 0.15) is 5.69 Å². The highest BCUT2D eigenvalue weighted by molar-refractivity contribution is 6.07. The van der Waals surface area contributed by atoms with Crippen LogP contribution in [0.3, 0.4) is 0 Å². The second kappa shape index (κ2) is 6.64. The number of benzene rings is 2. The van der Waals surface area contributed by atoms with Gasteiger partial charge in [-0.15, -0.1) is 0 Å². The molecule has 4 rings (SSSR count). The Morgan fingerprint density at radius 3 is 2.73 bits per heavy atom. The number of carbonyl (C=O) groups excluding carboxylic acids is 1. The quantitative estimate of drug-likeness (QED) is 0.748. The Morgan fingerprint density at radius 1 is 1.12 bits per heavy atom. The minimum atomic E-state index is -0.0594. The number of fused-ring (bicyclic) bond motifs is 1. The van der Waals surface area contributed by atoms with Crippen molar-refractivity contribution in [2.45, 2.75) is 26.3 Å². The molecule has 1 unspecified atom stereocenters. The van der Waals surface area contributed by atoms with Gasteiger partial charge in [-0.2, -0.15) is 0 Å². The molecule has 0 radical (unpaired) electrons. The Kier molecular flexibility index (Phi) is 4.17. The third kappa shape index (κ3) is 2.94. The second-order valence-electron chi connectivity index (χ2n) is 6.73. The minimum Gasteiger partial charge on any atom is -0.355 e. The van der Waals surface area contributed by atoms with Crippen LogP contribution in [0.1, 0.15) is 28.5 Å². The summed E-state index contributed by atoms with van der Waals surface area (Å²) in [5.41, 5.74) is 5.69. The molecular weight excluding hydrogens is 322 g/mol. The minimum absolute atomic E-state index is 0.0594. The van der Waals surface area contributed by atoms with E-state index in [2.05, 4.69) is 36.3 Å². The van der Waals surface area contributed by atoms with Gasteiger partial charge < -0.3 is 10.2 Å². The van der Waals surface area contributed by atoms with Crippen molar-refractivity contribution in [3.63, 3.8) is 0 Å². The van der Waals surface area contributed by atoms with E-state index in [-0.39, 0.29) is 11.9 Å². The first-order chi connectivity index (χ1) is 12.6. The Balaban J connectivity index is 1.63. The molecule has 3 aromatic rings. The molecule has 1 atom stereocenters. The number of carbonyl (C=O) groups is 1. The molecule has 0 aliphatic carbocycles. The molecule has 0 fully saturated rings. The first-order valence-electron chi connectivity index (χ1n) is 8.83. The summed E-state index contributed by atoms with van der Waals surface area (Å²) in [5, 5.41) is 3.38. The van der Waals surface area contributed by atoms with E-state index in [1.807, 2.05) is 53.4 Å². The predicted octanol–water partition coefficient (Wildman–Crippen LogP) is 4.73. The van der Waals surface area contributed by atoms with Gasteiger partial charge in [-0.3, -0.25) is 9.78 Å². The van der Waals surface area contributed by atoms with E-state index >= 15 is 0 Å². The Hall–Kier alpha value is -3.14. The van der Waals surface area contributed by atoms with Gasteiger partial charge in [-0.25, -0.2) is 0 Å². The number of aromatic nitrogens is 1. The maximum atomic E-state index is 13.1. The fraction of sp³-hybridized carbons (Fsp3) is 0.182. The summed E-state index contributed by atoms with van der Waals surface area (Å²) in [6, 6.07) is 20.0. The SMILES string of the molecule is Cc1ccccc1Nc1ccnc(C(=O)N2c3ccccc3CC2C)c1. The topological polar surface area (TPSA) is 45.2 Å². The van der Waals surface area contributed by atoms with Crippen LogP contribution in [-0.4, -0.2) is 16.9 Å². The summed E-state index contributed by atoms with van der Waals surface area (Å²) in [5.74, 6) is -0.0594. The Morgan fingerprint density at radius 2 is 1.88 bits per heavy atom. The standard InChI is InChI=1S/C22H21N3O/c1-15-7-3-5-9-19(15)24-18-11-12-23-20(14-18)22(26)25-16(2)13-17-8-4-6-10-21(17)25/h3-12,14,16H,13H2,1-2H3,(H,23,24). The maximum absolute atomic E-state index is 13.1. The summed E-state index contributed by atoms with van der Waals surface area (Å²) in [6.45, 7) is 4.13. The molecule has 26 heavy (non-hydrogen) atoms. The van der Waals surface area contributed by atoms with Crippen molar-refractivity contribution in [2.24, 2.45) is 0 Å². The lowest BCUT2D eigenvalue weighted by Gasteiger charge is -2.22. The normalized spacial score (nSPS) is 15.6. The van der Waals surface area contributed by atoms with Crippen molar-refractivity contribution in [2.75, 3.05) is 10.2 Å². The summed E-state index contributed by atoms with van der Waals surface area (Å²) in [6.07, 6.45) is 2.56. The molecule has 0 spiro atoms. The molecule has 1 aliphatic heterocycles. The summed E-state index contributed by atoms with van der Waals surface area (Å²) >= 11 is 0. The third-order valence-electron chi connectivity index (χ3n) is 4.83. The molecule has 130 valence electrons. The average molecular weight is 343 g/mol. The zero-order valence-electron chi connectivity index (χ0n) is 14.9. The molecular formula is C22H21N3O. The van der Waals surface area contributed by atoms with Crippen LogP contribution < -0.4 is 10.2 Å². The molecule has 4 heteroatoms. The van der Waals surface area contributed by atoms with Crippen LogP contribution in [0.5, 0.6) is 0 Å². The van der Waals surface area contributed by atoms with Gasteiger partial charge in [0.25, 0.3) is 5.91 Å². The first kappa shape index (κ1) is 16.3. The number of aryl methyl sites for hydroxylation is 1. The number of hydrogen-bond acceptors (Lipinski definition) is 3. The number of amides is 1. The van der Waals surface area contributed by atoms with Gasteiger partial charge in [-0.1, -0.05) is 36.4 Å². The molecule has 1 aromatic heterocycles. The molecule has 1 N–H and O–H groups in total. The zero-order valence-corrected chi connectivity index (χ0v) is 14.9. The fourth-order valence-corrected chi connectivity index (χ4v) is 3.49. The lowest BCUT2D eigenvalue weighted by Crippen LogP contribution is -2.36. The van der Waals surface area contributed by atoms with Crippen molar-refractivity contribution >= 4 is 23.0 Å². The smallest absolute Gasteiger partial charge is 0.277 e. The highest BCUT2D eigenvalue weighted by Gasteiger charge is 2.31. The van der Waals surface area contributed by atoms with Gasteiger partial charge in [0.2, 0.25) is 0 Å². The fourth-order valence-electron chi connectivity index (χ4n) is 3.49. The van der Waals surface area contributed by atoms with E-state index in [0.29, 0.717) is 5.69 Å². The second-order valence-corrected chi connectivity index (χ2v) is 6.73.